The molecule has 20 heavy (non-hydrogen) atoms. The second-order valence-corrected chi connectivity index (χ2v) is 5.47. The van der Waals surface area contributed by atoms with Gasteiger partial charge in [0.2, 0.25) is 5.91 Å². The number of benzene rings is 1. The summed E-state index contributed by atoms with van der Waals surface area (Å²) in [5, 5.41) is 4.44. The van der Waals surface area contributed by atoms with Gasteiger partial charge in [0, 0.05) is 16.6 Å². The van der Waals surface area contributed by atoms with Gasteiger partial charge in [-0.15, -0.1) is 0 Å². The Kier molecular flexibility index (Phi) is 4.65. The van der Waals surface area contributed by atoms with Crippen LogP contribution >= 0.6 is 23.6 Å². The van der Waals surface area contributed by atoms with Crippen LogP contribution in [-0.2, 0) is 17.8 Å². The van der Waals surface area contributed by atoms with Gasteiger partial charge >= 0.3 is 4.87 Å². The van der Waals surface area contributed by atoms with E-state index in [1.54, 1.807) is 17.5 Å². The number of aromatic nitrogens is 1. The molecule has 7 heteroatoms. The molecule has 0 bridgehead atoms. The highest BCUT2D eigenvalue weighted by molar-refractivity contribution is 7.80. The molecule has 1 aromatic carbocycles. The Bertz CT molecular complexity index is 673. The maximum absolute atomic E-state index is 11.8. The van der Waals surface area contributed by atoms with Gasteiger partial charge in [-0.1, -0.05) is 47.8 Å². The topological polar surface area (TPSA) is 88.0 Å². The van der Waals surface area contributed by atoms with Gasteiger partial charge in [-0.3, -0.25) is 9.59 Å². The summed E-state index contributed by atoms with van der Waals surface area (Å²) in [4.78, 5) is 25.6. The molecule has 1 amide bonds. The fourth-order valence-electron chi connectivity index (χ4n) is 1.63. The zero-order valence-electron chi connectivity index (χ0n) is 10.5. The Hall–Kier alpha value is -1.99. The number of hydrogen-bond acceptors (Lipinski definition) is 4. The summed E-state index contributed by atoms with van der Waals surface area (Å²) in [7, 11) is 0. The minimum atomic E-state index is -0.123. The summed E-state index contributed by atoms with van der Waals surface area (Å²) in [5.41, 5.74) is 7.86. The van der Waals surface area contributed by atoms with Crippen molar-refractivity contribution in [2.75, 3.05) is 0 Å². The first-order valence-electron chi connectivity index (χ1n) is 5.87. The number of amides is 1. The quantitative estimate of drug-likeness (QED) is 0.717. The Labute approximate surface area is 124 Å². The first-order valence-corrected chi connectivity index (χ1v) is 7.15. The molecule has 1 heterocycles. The summed E-state index contributed by atoms with van der Waals surface area (Å²) in [6.07, 6.45) is 0.270. The third kappa shape index (κ3) is 4.01. The third-order valence-corrected chi connectivity index (χ3v) is 3.60. The Morgan fingerprint density at radius 1 is 1.35 bits per heavy atom. The van der Waals surface area contributed by atoms with Crippen molar-refractivity contribution in [2.24, 2.45) is 5.73 Å². The first-order chi connectivity index (χ1) is 9.54. The lowest BCUT2D eigenvalue weighted by Gasteiger charge is -2.05. The standard InChI is InChI=1S/C13H13N3O2S2/c14-12(19)9-3-1-8(2-4-9)5-11(17)15-6-10-7-20-13(18)16-10/h1-4,7H,5-6H2,(H2,14,19)(H,15,17)(H,16,18). The molecule has 0 saturated carbocycles. The molecule has 0 aliphatic rings. The van der Waals surface area contributed by atoms with Gasteiger partial charge in [-0.05, 0) is 5.56 Å². The van der Waals surface area contributed by atoms with Crippen LogP contribution in [0.2, 0.25) is 0 Å². The normalized spacial score (nSPS) is 10.2. The van der Waals surface area contributed by atoms with E-state index in [2.05, 4.69) is 10.3 Å². The highest BCUT2D eigenvalue weighted by atomic mass is 32.1. The van der Waals surface area contributed by atoms with E-state index in [0.717, 1.165) is 22.5 Å². The summed E-state index contributed by atoms with van der Waals surface area (Å²) < 4.78 is 0. The molecule has 0 unspecified atom stereocenters. The summed E-state index contributed by atoms with van der Waals surface area (Å²) >= 11 is 5.94. The van der Waals surface area contributed by atoms with E-state index in [1.807, 2.05) is 12.1 Å². The van der Waals surface area contributed by atoms with Crippen molar-refractivity contribution in [3.8, 4) is 0 Å². The van der Waals surface area contributed by atoms with Crippen molar-refractivity contribution >= 4 is 34.5 Å². The number of aromatic amines is 1. The number of H-pyrrole nitrogens is 1. The molecule has 1 aromatic heterocycles. The molecule has 0 aliphatic heterocycles. The fraction of sp³-hybridized carbons (Fsp3) is 0.154. The smallest absolute Gasteiger partial charge is 0.304 e. The number of thiocarbonyl (C=S) groups is 1. The molecule has 0 aliphatic carbocycles. The molecule has 0 saturated heterocycles. The van der Waals surface area contributed by atoms with Crippen LogP contribution in [0.1, 0.15) is 16.8 Å². The molecule has 2 aromatic rings. The molecule has 0 spiro atoms. The molecule has 104 valence electrons. The number of nitrogens with two attached hydrogens (primary N) is 1. The maximum atomic E-state index is 11.8. The van der Waals surface area contributed by atoms with Gasteiger partial charge < -0.3 is 16.0 Å². The highest BCUT2D eigenvalue weighted by Crippen LogP contribution is 2.05. The van der Waals surface area contributed by atoms with Gasteiger partial charge in [-0.25, -0.2) is 0 Å². The van der Waals surface area contributed by atoms with Crippen molar-refractivity contribution in [1.82, 2.24) is 10.3 Å². The first kappa shape index (κ1) is 14.4. The van der Waals surface area contributed by atoms with Crippen LogP contribution < -0.4 is 15.9 Å². The minimum Gasteiger partial charge on any atom is -0.389 e. The SMILES string of the molecule is NC(=S)c1ccc(CC(=O)NCc2csc(=O)[nH]2)cc1. The number of hydrogen-bond donors (Lipinski definition) is 3. The van der Waals surface area contributed by atoms with Gasteiger partial charge in [0.25, 0.3) is 0 Å². The number of thiazole rings is 1. The van der Waals surface area contributed by atoms with Crippen LogP contribution in [0.4, 0.5) is 0 Å². The van der Waals surface area contributed by atoms with Crippen LogP contribution in [-0.4, -0.2) is 15.9 Å². The Morgan fingerprint density at radius 3 is 2.60 bits per heavy atom. The molecule has 5 nitrogen and oxygen atoms in total. The average molecular weight is 307 g/mol. The van der Waals surface area contributed by atoms with Gasteiger partial charge in [0.1, 0.15) is 4.99 Å². The van der Waals surface area contributed by atoms with Crippen LogP contribution in [0.3, 0.4) is 0 Å². The average Bonchev–Trinajstić information content (AvgIpc) is 2.83. The molecular weight excluding hydrogens is 294 g/mol. The van der Waals surface area contributed by atoms with Crippen LogP contribution in [0.15, 0.2) is 34.4 Å². The Balaban J connectivity index is 1.87. The molecule has 0 radical (unpaired) electrons. The second kappa shape index (κ2) is 6.44. The molecule has 4 N–H and O–H groups in total. The fourth-order valence-corrected chi connectivity index (χ4v) is 2.35. The summed E-state index contributed by atoms with van der Waals surface area (Å²) in [6, 6.07) is 7.23. The third-order valence-electron chi connectivity index (χ3n) is 2.65. The largest absolute Gasteiger partial charge is 0.389 e. The number of carbonyl (C=O) groups excluding carboxylic acids is 1. The summed E-state index contributed by atoms with van der Waals surface area (Å²) in [6.45, 7) is 0.322. The number of carbonyl (C=O) groups is 1. The molecule has 0 fully saturated rings. The van der Waals surface area contributed by atoms with E-state index in [1.165, 1.54) is 0 Å². The van der Waals surface area contributed by atoms with Crippen LogP contribution in [0.5, 0.6) is 0 Å². The predicted octanol–water partition coefficient (Wildman–Crippen LogP) is 0.929. The zero-order chi connectivity index (χ0) is 14.5. The van der Waals surface area contributed by atoms with Crippen LogP contribution in [0.25, 0.3) is 0 Å². The number of nitrogens with one attached hydrogen (secondary N) is 2. The Morgan fingerprint density at radius 2 is 2.05 bits per heavy atom. The summed E-state index contributed by atoms with van der Waals surface area (Å²) in [5.74, 6) is -0.111. The van der Waals surface area contributed by atoms with Crippen molar-refractivity contribution in [2.45, 2.75) is 13.0 Å². The van der Waals surface area contributed by atoms with E-state index in [-0.39, 0.29) is 17.2 Å². The minimum absolute atomic E-state index is 0.111. The number of rotatable bonds is 5. The second-order valence-electron chi connectivity index (χ2n) is 4.19. The van der Waals surface area contributed by atoms with E-state index in [0.29, 0.717) is 17.2 Å². The van der Waals surface area contributed by atoms with E-state index < -0.39 is 0 Å². The highest BCUT2D eigenvalue weighted by Gasteiger charge is 2.05. The van der Waals surface area contributed by atoms with Crippen LogP contribution in [0, 0.1) is 0 Å². The van der Waals surface area contributed by atoms with Gasteiger partial charge in [-0.2, -0.15) is 0 Å². The van der Waals surface area contributed by atoms with Crippen molar-refractivity contribution in [3.05, 3.63) is 56.1 Å². The lowest BCUT2D eigenvalue weighted by atomic mass is 10.1. The lowest BCUT2D eigenvalue weighted by molar-refractivity contribution is -0.120. The van der Waals surface area contributed by atoms with Gasteiger partial charge in [0.15, 0.2) is 0 Å². The van der Waals surface area contributed by atoms with Crippen molar-refractivity contribution in [1.29, 1.82) is 0 Å². The molecule has 2 rings (SSSR count). The molecule has 0 atom stereocenters. The van der Waals surface area contributed by atoms with E-state index >= 15 is 0 Å². The predicted molar refractivity (Wildman–Crippen MR) is 82.8 cm³/mol. The van der Waals surface area contributed by atoms with E-state index in [9.17, 15) is 9.59 Å². The zero-order valence-corrected chi connectivity index (χ0v) is 12.1. The van der Waals surface area contributed by atoms with E-state index in [4.69, 9.17) is 18.0 Å². The molecular formula is C13H13N3O2S2. The van der Waals surface area contributed by atoms with Crippen molar-refractivity contribution in [3.63, 3.8) is 0 Å². The lowest BCUT2D eigenvalue weighted by Crippen LogP contribution is -2.25. The maximum Gasteiger partial charge on any atom is 0.304 e. The monoisotopic (exact) mass is 307 g/mol. The van der Waals surface area contributed by atoms with Crippen molar-refractivity contribution < 1.29 is 4.79 Å². The van der Waals surface area contributed by atoms with Gasteiger partial charge in [0.05, 0.1) is 13.0 Å².